The van der Waals surface area contributed by atoms with Gasteiger partial charge >= 0.3 is 0 Å². The van der Waals surface area contributed by atoms with Crippen molar-refractivity contribution >= 4 is 45.9 Å². The van der Waals surface area contributed by atoms with Crippen LogP contribution in [0.5, 0.6) is 0 Å². The van der Waals surface area contributed by atoms with Gasteiger partial charge in [0.15, 0.2) is 5.11 Å². The zero-order chi connectivity index (χ0) is 21.1. The number of hydrogen-bond acceptors (Lipinski definition) is 5. The van der Waals surface area contributed by atoms with Gasteiger partial charge in [0.2, 0.25) is 5.91 Å². The molecule has 1 aliphatic heterocycles. The average molecular weight is 439 g/mol. The number of nitrogens with zero attached hydrogens (tertiary/aromatic N) is 2. The lowest BCUT2D eigenvalue weighted by Crippen LogP contribution is -2.29. The molecule has 2 aromatic heterocycles. The Bertz CT molecular complexity index is 1040. The fourth-order valence-corrected chi connectivity index (χ4v) is 4.92. The van der Waals surface area contributed by atoms with Gasteiger partial charge in [-0.05, 0) is 67.7 Å². The molecule has 1 amide bonds. The summed E-state index contributed by atoms with van der Waals surface area (Å²) in [5.74, 6) is -0.189. The van der Waals surface area contributed by atoms with Crippen molar-refractivity contribution in [1.29, 1.82) is 0 Å². The number of aromatic nitrogens is 1. The molecule has 4 rings (SSSR count). The number of amides is 1. The molecule has 1 saturated heterocycles. The molecular formula is C22H22N4O2S2. The Kier molecular flexibility index (Phi) is 6.08. The van der Waals surface area contributed by atoms with Gasteiger partial charge in [0.25, 0.3) is 0 Å². The number of aryl methyl sites for hydroxylation is 1. The highest BCUT2D eigenvalue weighted by atomic mass is 32.1. The summed E-state index contributed by atoms with van der Waals surface area (Å²) in [6, 6.07) is 17.8. The summed E-state index contributed by atoms with van der Waals surface area (Å²) >= 11 is 7.49. The molecule has 6 nitrogen and oxygen atoms in total. The van der Waals surface area contributed by atoms with Crippen molar-refractivity contribution in [2.24, 2.45) is 0 Å². The molecule has 0 saturated carbocycles. The first-order valence-electron chi connectivity index (χ1n) is 9.52. The molecule has 8 heteroatoms. The van der Waals surface area contributed by atoms with Gasteiger partial charge in [0.1, 0.15) is 6.61 Å². The summed E-state index contributed by atoms with van der Waals surface area (Å²) in [6.45, 7) is 2.12. The second-order valence-electron chi connectivity index (χ2n) is 6.97. The number of nitrogens with one attached hydrogen (secondary N) is 2. The largest absolute Gasteiger partial charge is 0.375 e. The van der Waals surface area contributed by atoms with E-state index in [4.69, 9.17) is 17.0 Å². The van der Waals surface area contributed by atoms with E-state index in [-0.39, 0.29) is 24.6 Å². The Morgan fingerprint density at radius 2 is 2.03 bits per heavy atom. The standard InChI is InChI=1S/C22H22N4O2S2/c1-14-6-11-18(30-14)21-20(17-5-3-4-12-23-17)25-22(29)26(21)16-9-7-15(8-10-16)24-19(27)13-28-2/h3-12,20-21H,13H2,1-2H3,(H,24,27)(H,25,29)/t20-,21-/m1/s1. The Labute approximate surface area is 184 Å². The Morgan fingerprint density at radius 3 is 2.67 bits per heavy atom. The average Bonchev–Trinajstić information content (AvgIpc) is 3.32. The number of anilines is 2. The smallest absolute Gasteiger partial charge is 0.250 e. The Hall–Kier alpha value is -2.81. The molecule has 2 N–H and O–H groups in total. The van der Waals surface area contributed by atoms with Crippen LogP contribution in [0, 0.1) is 6.92 Å². The van der Waals surface area contributed by atoms with Crippen LogP contribution >= 0.6 is 23.6 Å². The van der Waals surface area contributed by atoms with Gasteiger partial charge in [-0.2, -0.15) is 0 Å². The third kappa shape index (κ3) is 4.21. The molecule has 1 aromatic carbocycles. The molecule has 1 aliphatic rings. The van der Waals surface area contributed by atoms with Crippen LogP contribution in [-0.4, -0.2) is 29.7 Å². The van der Waals surface area contributed by atoms with Crippen molar-refractivity contribution in [2.75, 3.05) is 23.9 Å². The van der Waals surface area contributed by atoms with Crippen molar-refractivity contribution in [3.8, 4) is 0 Å². The van der Waals surface area contributed by atoms with Gasteiger partial charge in [-0.1, -0.05) is 6.07 Å². The lowest BCUT2D eigenvalue weighted by atomic mass is 10.0. The van der Waals surface area contributed by atoms with E-state index in [0.717, 1.165) is 11.4 Å². The zero-order valence-corrected chi connectivity index (χ0v) is 18.3. The number of benzene rings is 1. The highest BCUT2D eigenvalue weighted by molar-refractivity contribution is 7.80. The number of carbonyl (C=O) groups excluding carboxylic acids is 1. The van der Waals surface area contributed by atoms with Crippen LogP contribution in [0.1, 0.15) is 27.5 Å². The van der Waals surface area contributed by atoms with Gasteiger partial charge in [0, 0.05) is 34.4 Å². The minimum absolute atomic E-state index is 0.0139. The molecule has 0 bridgehead atoms. The molecule has 0 aliphatic carbocycles. The van der Waals surface area contributed by atoms with Crippen LogP contribution in [-0.2, 0) is 9.53 Å². The molecule has 30 heavy (non-hydrogen) atoms. The van der Waals surface area contributed by atoms with Crippen molar-refractivity contribution in [1.82, 2.24) is 10.3 Å². The van der Waals surface area contributed by atoms with E-state index in [1.54, 1.807) is 17.5 Å². The van der Waals surface area contributed by atoms with Crippen molar-refractivity contribution in [3.05, 3.63) is 76.2 Å². The number of ether oxygens (including phenoxy) is 1. The van der Waals surface area contributed by atoms with Gasteiger partial charge in [0.05, 0.1) is 17.8 Å². The number of thiophene rings is 1. The van der Waals surface area contributed by atoms with Crippen molar-refractivity contribution in [2.45, 2.75) is 19.0 Å². The third-order valence-electron chi connectivity index (χ3n) is 4.86. The first-order chi connectivity index (χ1) is 14.6. The second kappa shape index (κ2) is 8.91. The number of hydrogen-bond donors (Lipinski definition) is 2. The third-order valence-corrected chi connectivity index (χ3v) is 6.24. The maximum Gasteiger partial charge on any atom is 0.250 e. The number of thiocarbonyl (C=S) groups is 1. The molecule has 3 aromatic rings. The number of methoxy groups -OCH3 is 1. The lowest BCUT2D eigenvalue weighted by Gasteiger charge is -2.27. The van der Waals surface area contributed by atoms with Crippen molar-refractivity contribution < 1.29 is 9.53 Å². The number of pyridine rings is 1. The summed E-state index contributed by atoms with van der Waals surface area (Å²) < 4.78 is 4.86. The van der Waals surface area contributed by atoms with Crippen LogP contribution in [0.25, 0.3) is 0 Å². The quantitative estimate of drug-likeness (QED) is 0.562. The highest BCUT2D eigenvalue weighted by Crippen LogP contribution is 2.43. The van der Waals surface area contributed by atoms with E-state index in [1.165, 1.54) is 16.9 Å². The first kappa shape index (κ1) is 20.5. The van der Waals surface area contributed by atoms with Crippen LogP contribution in [0.15, 0.2) is 60.8 Å². The van der Waals surface area contributed by atoms with E-state index >= 15 is 0 Å². The molecule has 2 atom stereocenters. The summed E-state index contributed by atoms with van der Waals surface area (Å²) in [5, 5.41) is 6.92. The van der Waals surface area contributed by atoms with Crippen LogP contribution < -0.4 is 15.5 Å². The molecule has 154 valence electrons. The van der Waals surface area contributed by atoms with Gasteiger partial charge in [-0.25, -0.2) is 0 Å². The summed E-state index contributed by atoms with van der Waals surface area (Å²) in [6.07, 6.45) is 1.80. The van der Waals surface area contributed by atoms with E-state index < -0.39 is 0 Å². The predicted octanol–water partition coefficient (Wildman–Crippen LogP) is 4.21. The molecule has 0 spiro atoms. The topological polar surface area (TPSA) is 66.5 Å². The van der Waals surface area contributed by atoms with E-state index in [2.05, 4.69) is 39.6 Å². The molecular weight excluding hydrogens is 416 g/mol. The highest BCUT2D eigenvalue weighted by Gasteiger charge is 2.41. The number of rotatable bonds is 6. The fraction of sp³-hybridized carbons (Fsp3) is 0.227. The van der Waals surface area contributed by atoms with E-state index in [1.807, 2.05) is 42.5 Å². The minimum Gasteiger partial charge on any atom is -0.375 e. The van der Waals surface area contributed by atoms with Gasteiger partial charge in [-0.15, -0.1) is 11.3 Å². The molecule has 0 radical (unpaired) electrons. The SMILES string of the molecule is COCC(=O)Nc1ccc(N2C(=S)N[C@H](c3ccccn3)[C@H]2c2ccc(C)s2)cc1. The van der Waals surface area contributed by atoms with Crippen LogP contribution in [0.3, 0.4) is 0 Å². The lowest BCUT2D eigenvalue weighted by molar-refractivity contribution is -0.119. The minimum atomic E-state index is -0.189. The molecule has 0 unspecified atom stereocenters. The van der Waals surface area contributed by atoms with Gasteiger partial charge in [-0.3, -0.25) is 9.78 Å². The van der Waals surface area contributed by atoms with E-state index in [9.17, 15) is 4.79 Å². The predicted molar refractivity (Wildman–Crippen MR) is 124 cm³/mol. The summed E-state index contributed by atoms with van der Waals surface area (Å²) in [4.78, 5) is 20.9. The summed E-state index contributed by atoms with van der Waals surface area (Å²) in [7, 11) is 1.49. The second-order valence-corrected chi connectivity index (χ2v) is 8.68. The maximum atomic E-state index is 11.8. The van der Waals surface area contributed by atoms with E-state index in [0.29, 0.717) is 10.8 Å². The first-order valence-corrected chi connectivity index (χ1v) is 10.7. The maximum absolute atomic E-state index is 11.8. The molecule has 3 heterocycles. The Balaban J connectivity index is 1.67. The molecule has 1 fully saturated rings. The van der Waals surface area contributed by atoms with Gasteiger partial charge < -0.3 is 20.3 Å². The summed E-state index contributed by atoms with van der Waals surface area (Å²) in [5.41, 5.74) is 2.61. The number of carbonyl (C=O) groups is 1. The van der Waals surface area contributed by atoms with Crippen LogP contribution in [0.4, 0.5) is 11.4 Å². The zero-order valence-electron chi connectivity index (χ0n) is 16.7. The fourth-order valence-electron chi connectivity index (χ4n) is 3.57. The normalized spacial score (nSPS) is 18.3. The Morgan fingerprint density at radius 1 is 1.23 bits per heavy atom. The monoisotopic (exact) mass is 438 g/mol. The van der Waals surface area contributed by atoms with Crippen LogP contribution in [0.2, 0.25) is 0 Å². The van der Waals surface area contributed by atoms with Crippen molar-refractivity contribution in [3.63, 3.8) is 0 Å².